The number of nitrogens with one attached hydrogen (secondary N) is 3. The number of anilines is 4. The zero-order valence-electron chi connectivity index (χ0n) is 19.8. The second kappa shape index (κ2) is 8.48. The number of rotatable bonds is 6. The lowest BCUT2D eigenvalue weighted by Gasteiger charge is -2.29. The largest absolute Gasteiger partial charge is 0.368 e. The monoisotopic (exact) mass is 459 g/mol. The molecule has 9 heteroatoms. The maximum absolute atomic E-state index is 12.6. The van der Waals surface area contributed by atoms with Gasteiger partial charge in [-0.1, -0.05) is 12.1 Å². The van der Waals surface area contributed by atoms with Crippen LogP contribution in [0.4, 0.5) is 22.9 Å². The molecule has 2 aliphatic rings. The number of aromatic nitrogens is 3. The van der Waals surface area contributed by atoms with Gasteiger partial charge in [-0.15, -0.1) is 0 Å². The molecule has 1 aromatic carbocycles. The Hall–Kier alpha value is -3.88. The number of hydrogen-bond acceptors (Lipinski definition) is 6. The Morgan fingerprint density at radius 3 is 2.68 bits per heavy atom. The molecule has 3 aromatic rings. The van der Waals surface area contributed by atoms with Crippen LogP contribution in [0.2, 0.25) is 0 Å². The van der Waals surface area contributed by atoms with E-state index in [0.717, 1.165) is 42.0 Å². The van der Waals surface area contributed by atoms with Gasteiger partial charge in [0.25, 0.3) is 5.91 Å². The van der Waals surface area contributed by atoms with E-state index in [0.29, 0.717) is 17.1 Å². The first-order valence-corrected chi connectivity index (χ1v) is 11.6. The molecule has 0 bridgehead atoms. The highest BCUT2D eigenvalue weighted by molar-refractivity contribution is 6.02. The molecule has 1 fully saturated rings. The lowest BCUT2D eigenvalue weighted by Crippen LogP contribution is -2.23. The van der Waals surface area contributed by atoms with Crippen LogP contribution in [0.15, 0.2) is 36.7 Å². The molecule has 9 nitrogen and oxygen atoms in total. The Labute approximate surface area is 198 Å². The molecule has 5 rings (SSSR count). The number of fused-ring (bicyclic) bond motifs is 3. The van der Waals surface area contributed by atoms with Crippen molar-refractivity contribution in [3.8, 4) is 11.3 Å². The highest BCUT2D eigenvalue weighted by Crippen LogP contribution is 2.43. The van der Waals surface area contributed by atoms with Crippen molar-refractivity contribution in [2.75, 3.05) is 29.6 Å². The van der Waals surface area contributed by atoms with Gasteiger partial charge in [0.05, 0.1) is 28.3 Å². The van der Waals surface area contributed by atoms with Gasteiger partial charge in [-0.25, -0.2) is 4.98 Å². The summed E-state index contributed by atoms with van der Waals surface area (Å²) in [7, 11) is 3.63. The van der Waals surface area contributed by atoms with E-state index in [9.17, 15) is 9.59 Å². The Bertz CT molecular complexity index is 1280. The Kier molecular flexibility index (Phi) is 5.47. The number of carbonyl (C=O) groups excluding carboxylic acids is 2. The third kappa shape index (κ3) is 3.98. The van der Waals surface area contributed by atoms with Gasteiger partial charge in [-0.3, -0.25) is 14.3 Å². The second-order valence-corrected chi connectivity index (χ2v) is 9.22. The number of carbonyl (C=O) groups is 2. The van der Waals surface area contributed by atoms with Gasteiger partial charge in [0, 0.05) is 62.2 Å². The first kappa shape index (κ1) is 21.9. The van der Waals surface area contributed by atoms with Gasteiger partial charge in [0.15, 0.2) is 0 Å². The maximum atomic E-state index is 12.6. The molecule has 0 atom stereocenters. The van der Waals surface area contributed by atoms with Gasteiger partial charge in [0.2, 0.25) is 5.91 Å². The summed E-state index contributed by atoms with van der Waals surface area (Å²) in [6, 6.07) is 8.02. The third-order valence-electron chi connectivity index (χ3n) is 6.26. The van der Waals surface area contributed by atoms with Crippen LogP contribution in [0.3, 0.4) is 0 Å². The third-order valence-corrected chi connectivity index (χ3v) is 6.26. The molecule has 1 aliphatic carbocycles. The first-order valence-electron chi connectivity index (χ1n) is 11.6. The molecule has 1 saturated carbocycles. The number of nitrogens with zero attached hydrogens (tertiary/aromatic N) is 4. The van der Waals surface area contributed by atoms with Crippen LogP contribution in [0, 0.1) is 5.92 Å². The molecule has 3 N–H and O–H groups in total. The summed E-state index contributed by atoms with van der Waals surface area (Å²) in [6.07, 6.45) is 5.42. The maximum Gasteiger partial charge on any atom is 0.254 e. The van der Waals surface area contributed by atoms with Crippen molar-refractivity contribution in [1.82, 2.24) is 20.1 Å². The van der Waals surface area contributed by atoms with Crippen LogP contribution in [-0.4, -0.2) is 40.7 Å². The van der Waals surface area contributed by atoms with E-state index >= 15 is 0 Å². The molecule has 0 spiro atoms. The Morgan fingerprint density at radius 2 is 1.97 bits per heavy atom. The van der Waals surface area contributed by atoms with Gasteiger partial charge in [-0.05, 0) is 32.8 Å². The van der Waals surface area contributed by atoms with E-state index < -0.39 is 0 Å². The minimum absolute atomic E-state index is 0.0313. The summed E-state index contributed by atoms with van der Waals surface area (Å²) in [6.45, 7) is 4.96. The van der Waals surface area contributed by atoms with E-state index in [4.69, 9.17) is 5.10 Å². The normalized spacial score (nSPS) is 14.4. The highest BCUT2D eigenvalue weighted by Gasteiger charge is 2.30. The summed E-state index contributed by atoms with van der Waals surface area (Å²) in [5, 5.41) is 13.8. The van der Waals surface area contributed by atoms with Crippen molar-refractivity contribution in [2.45, 2.75) is 39.3 Å². The molecule has 34 heavy (non-hydrogen) atoms. The van der Waals surface area contributed by atoms with Crippen molar-refractivity contribution < 1.29 is 9.59 Å². The molecule has 1 aliphatic heterocycles. The van der Waals surface area contributed by atoms with Crippen molar-refractivity contribution >= 4 is 34.7 Å². The molecule has 176 valence electrons. The van der Waals surface area contributed by atoms with E-state index in [-0.39, 0.29) is 23.8 Å². The summed E-state index contributed by atoms with van der Waals surface area (Å²) >= 11 is 0. The van der Waals surface area contributed by atoms with Crippen LogP contribution < -0.4 is 20.9 Å². The Balaban J connectivity index is 1.54. The number of amides is 2. The fourth-order valence-electron chi connectivity index (χ4n) is 4.28. The van der Waals surface area contributed by atoms with E-state index in [2.05, 4.69) is 51.9 Å². The summed E-state index contributed by atoms with van der Waals surface area (Å²) in [5.41, 5.74) is 6.01. The lowest BCUT2D eigenvalue weighted by molar-refractivity contribution is -0.117. The topological polar surface area (TPSA) is 104 Å². The second-order valence-electron chi connectivity index (χ2n) is 9.22. The fraction of sp³-hybridized carbons (Fsp3) is 0.360. The van der Waals surface area contributed by atoms with Crippen molar-refractivity contribution in [1.29, 1.82) is 0 Å². The number of pyridine rings is 1. The van der Waals surface area contributed by atoms with Gasteiger partial charge in [-0.2, -0.15) is 5.10 Å². The summed E-state index contributed by atoms with van der Waals surface area (Å²) < 4.78 is 2.00. The molecule has 0 unspecified atom stereocenters. The van der Waals surface area contributed by atoms with Crippen molar-refractivity contribution in [3.63, 3.8) is 0 Å². The predicted octanol–water partition coefficient (Wildman–Crippen LogP) is 3.93. The smallest absolute Gasteiger partial charge is 0.254 e. The van der Waals surface area contributed by atoms with Crippen LogP contribution in [0.5, 0.6) is 0 Å². The fourth-order valence-corrected chi connectivity index (χ4v) is 4.28. The zero-order chi connectivity index (χ0) is 24.0. The molecule has 2 aromatic heterocycles. The molecule has 0 radical (unpaired) electrons. The zero-order valence-corrected chi connectivity index (χ0v) is 19.8. The first-order chi connectivity index (χ1) is 16.4. The number of hydrogen-bond donors (Lipinski definition) is 3. The number of benzene rings is 1. The lowest BCUT2D eigenvalue weighted by atomic mass is 9.99. The van der Waals surface area contributed by atoms with Gasteiger partial charge >= 0.3 is 0 Å². The minimum atomic E-state index is -0.258. The number of para-hydroxylation sites is 1. The molecule has 3 heterocycles. The van der Waals surface area contributed by atoms with E-state index in [1.54, 1.807) is 13.1 Å². The quantitative estimate of drug-likeness (QED) is 0.516. The standard InChI is InChI=1S/C25H29N7O2/c1-14(2)32-13-16-12-31(4)23-17(22(16)30-32)6-5-7-19(23)28-20-10-21(29-24(33)15-8-9-15)27-11-18(20)25(34)26-3/h5-7,10-11,13-15H,8-9,12H2,1-4H3,(H,26,34)(H2,27,28,29,33). The van der Waals surface area contributed by atoms with E-state index in [1.807, 2.05) is 23.9 Å². The highest BCUT2D eigenvalue weighted by atomic mass is 16.2. The Morgan fingerprint density at radius 1 is 1.18 bits per heavy atom. The van der Waals surface area contributed by atoms with Gasteiger partial charge in [0.1, 0.15) is 5.82 Å². The predicted molar refractivity (Wildman–Crippen MR) is 132 cm³/mol. The summed E-state index contributed by atoms with van der Waals surface area (Å²) in [4.78, 5) is 31.3. The molecule has 2 amide bonds. The van der Waals surface area contributed by atoms with E-state index in [1.165, 1.54) is 11.8 Å². The summed E-state index contributed by atoms with van der Waals surface area (Å²) in [5.74, 6) is 0.192. The molecular weight excluding hydrogens is 430 g/mol. The SMILES string of the molecule is CNC(=O)c1cnc(NC(=O)C2CC2)cc1Nc1cccc2c1N(C)Cc1cn(C(C)C)nc1-2. The van der Waals surface area contributed by atoms with Crippen LogP contribution in [-0.2, 0) is 11.3 Å². The minimum Gasteiger partial charge on any atom is -0.368 e. The molecule has 0 saturated heterocycles. The average molecular weight is 460 g/mol. The van der Waals surface area contributed by atoms with Crippen molar-refractivity contribution in [2.24, 2.45) is 5.92 Å². The van der Waals surface area contributed by atoms with Crippen LogP contribution >= 0.6 is 0 Å². The molecular formula is C25H29N7O2. The van der Waals surface area contributed by atoms with Crippen LogP contribution in [0.25, 0.3) is 11.3 Å². The average Bonchev–Trinajstić information content (AvgIpc) is 3.58. The van der Waals surface area contributed by atoms with Crippen molar-refractivity contribution in [3.05, 3.63) is 47.8 Å². The van der Waals surface area contributed by atoms with Crippen LogP contribution in [0.1, 0.15) is 48.7 Å². The van der Waals surface area contributed by atoms with Gasteiger partial charge < -0.3 is 20.9 Å².